The Labute approximate surface area is 268 Å². The zero-order valence-electron chi connectivity index (χ0n) is 25.1. The standard InChI is InChI=1S/C45H28O/c1-2-14-32(15-3-1)45(39-21-7-6-17-38(39)43-34-16-5-4-11-29(34)25-28-40(43)45)33-26-23-30(24-27-33)35-18-10-20-37-36-19-8-12-31-13-9-22-41(42(31)36)46-44(35)37/h1-28H. The molecule has 2 aliphatic rings. The summed E-state index contributed by atoms with van der Waals surface area (Å²) in [6, 6.07) is 62.0. The summed E-state index contributed by atoms with van der Waals surface area (Å²) in [6.45, 7) is 0. The maximum absolute atomic E-state index is 6.69. The van der Waals surface area contributed by atoms with Gasteiger partial charge in [0.05, 0.1) is 5.41 Å². The van der Waals surface area contributed by atoms with Crippen LogP contribution in [0.3, 0.4) is 0 Å². The SMILES string of the molecule is c1ccc(C2(c3ccc(-c4cccc5c4Oc4cccc6cccc-5c46)cc3)c3ccccc3-c3c2ccc2ccccc32)cc1. The van der Waals surface area contributed by atoms with Crippen molar-refractivity contribution < 1.29 is 4.74 Å². The highest BCUT2D eigenvalue weighted by Gasteiger charge is 2.46. The first-order valence-electron chi connectivity index (χ1n) is 15.9. The van der Waals surface area contributed by atoms with Crippen LogP contribution < -0.4 is 4.74 Å². The monoisotopic (exact) mass is 584 g/mol. The van der Waals surface area contributed by atoms with Crippen LogP contribution in [-0.4, -0.2) is 0 Å². The molecule has 0 bridgehead atoms. The molecule has 8 aromatic carbocycles. The summed E-state index contributed by atoms with van der Waals surface area (Å²) in [5.41, 5.74) is 12.0. The normalized spacial score (nSPS) is 15.7. The molecule has 0 fully saturated rings. The van der Waals surface area contributed by atoms with Crippen LogP contribution in [0.15, 0.2) is 170 Å². The van der Waals surface area contributed by atoms with Gasteiger partial charge in [0, 0.05) is 16.5 Å². The number of ether oxygens (including phenoxy) is 1. The van der Waals surface area contributed by atoms with Gasteiger partial charge in [0.25, 0.3) is 0 Å². The van der Waals surface area contributed by atoms with E-state index in [1.54, 1.807) is 0 Å². The average molecular weight is 585 g/mol. The number of para-hydroxylation sites is 1. The Hall–Kier alpha value is -5.92. The van der Waals surface area contributed by atoms with E-state index in [9.17, 15) is 0 Å². The summed E-state index contributed by atoms with van der Waals surface area (Å²) >= 11 is 0. The largest absolute Gasteiger partial charge is 0.455 e. The van der Waals surface area contributed by atoms with E-state index >= 15 is 0 Å². The predicted molar refractivity (Wildman–Crippen MR) is 190 cm³/mol. The third-order valence-corrected chi connectivity index (χ3v) is 10.2. The van der Waals surface area contributed by atoms with Gasteiger partial charge in [-0.3, -0.25) is 0 Å². The third kappa shape index (κ3) is 3.35. The van der Waals surface area contributed by atoms with E-state index in [0.29, 0.717) is 0 Å². The molecule has 1 heteroatoms. The van der Waals surface area contributed by atoms with E-state index in [2.05, 4.69) is 170 Å². The summed E-state index contributed by atoms with van der Waals surface area (Å²) in [4.78, 5) is 0. The van der Waals surface area contributed by atoms with Crippen molar-refractivity contribution in [1.82, 2.24) is 0 Å². The van der Waals surface area contributed by atoms with Gasteiger partial charge in [-0.05, 0) is 66.7 Å². The maximum atomic E-state index is 6.69. The van der Waals surface area contributed by atoms with Crippen molar-refractivity contribution in [2.24, 2.45) is 0 Å². The van der Waals surface area contributed by atoms with E-state index in [1.165, 1.54) is 60.5 Å². The zero-order valence-corrected chi connectivity index (χ0v) is 25.1. The fourth-order valence-electron chi connectivity index (χ4n) is 8.24. The molecule has 0 saturated carbocycles. The number of hydrogen-bond donors (Lipinski definition) is 0. The lowest BCUT2D eigenvalue weighted by Gasteiger charge is -2.34. The van der Waals surface area contributed by atoms with Crippen LogP contribution >= 0.6 is 0 Å². The number of fused-ring (bicyclic) bond motifs is 7. The van der Waals surface area contributed by atoms with Crippen molar-refractivity contribution in [2.45, 2.75) is 5.41 Å². The molecule has 0 aromatic heterocycles. The molecule has 0 N–H and O–H groups in total. The van der Waals surface area contributed by atoms with Crippen molar-refractivity contribution in [1.29, 1.82) is 0 Å². The fourth-order valence-corrected chi connectivity index (χ4v) is 8.24. The van der Waals surface area contributed by atoms with Gasteiger partial charge in [0.2, 0.25) is 0 Å². The van der Waals surface area contributed by atoms with Crippen LogP contribution in [-0.2, 0) is 5.41 Å². The molecule has 1 aliphatic heterocycles. The predicted octanol–water partition coefficient (Wildman–Crippen LogP) is 11.8. The van der Waals surface area contributed by atoms with E-state index in [0.717, 1.165) is 28.2 Å². The molecule has 1 heterocycles. The molecule has 0 saturated heterocycles. The second kappa shape index (κ2) is 9.54. The Bertz CT molecular complexity index is 2480. The lowest BCUT2D eigenvalue weighted by molar-refractivity contribution is 0.489. The highest BCUT2D eigenvalue weighted by Crippen LogP contribution is 2.58. The van der Waals surface area contributed by atoms with Gasteiger partial charge >= 0.3 is 0 Å². The Morgan fingerprint density at radius 1 is 0.391 bits per heavy atom. The number of rotatable bonds is 3. The molecule has 0 amide bonds. The molecule has 1 atom stereocenters. The molecule has 0 radical (unpaired) electrons. The molecular formula is C45H28O. The Balaban J connectivity index is 1.19. The molecule has 214 valence electrons. The summed E-state index contributed by atoms with van der Waals surface area (Å²) in [5.74, 6) is 1.83. The molecule has 1 nitrogen and oxygen atoms in total. The molecule has 46 heavy (non-hydrogen) atoms. The minimum Gasteiger partial charge on any atom is -0.455 e. The maximum Gasteiger partial charge on any atom is 0.143 e. The summed E-state index contributed by atoms with van der Waals surface area (Å²) in [6.07, 6.45) is 0. The van der Waals surface area contributed by atoms with Crippen LogP contribution in [0, 0.1) is 0 Å². The zero-order chi connectivity index (χ0) is 30.2. The molecule has 0 spiro atoms. The van der Waals surface area contributed by atoms with E-state index in [1.807, 2.05) is 0 Å². The van der Waals surface area contributed by atoms with Gasteiger partial charge in [-0.25, -0.2) is 0 Å². The topological polar surface area (TPSA) is 9.23 Å². The van der Waals surface area contributed by atoms with Gasteiger partial charge in [0.15, 0.2) is 0 Å². The van der Waals surface area contributed by atoms with Crippen molar-refractivity contribution in [3.8, 4) is 44.9 Å². The van der Waals surface area contributed by atoms with Crippen molar-refractivity contribution >= 4 is 21.5 Å². The van der Waals surface area contributed by atoms with Gasteiger partial charge in [-0.15, -0.1) is 0 Å². The van der Waals surface area contributed by atoms with E-state index < -0.39 is 5.41 Å². The molecular weight excluding hydrogens is 556 g/mol. The Morgan fingerprint density at radius 2 is 1.04 bits per heavy atom. The van der Waals surface area contributed by atoms with Crippen LogP contribution in [0.1, 0.15) is 22.3 Å². The smallest absolute Gasteiger partial charge is 0.143 e. The average Bonchev–Trinajstić information content (AvgIpc) is 3.44. The molecule has 1 aliphatic carbocycles. The van der Waals surface area contributed by atoms with Crippen LogP contribution in [0.25, 0.3) is 54.9 Å². The lowest BCUT2D eigenvalue weighted by atomic mass is 9.67. The minimum absolute atomic E-state index is 0.447. The third-order valence-electron chi connectivity index (χ3n) is 10.2. The van der Waals surface area contributed by atoms with Crippen LogP contribution in [0.2, 0.25) is 0 Å². The van der Waals surface area contributed by atoms with E-state index in [4.69, 9.17) is 4.74 Å². The Morgan fingerprint density at radius 3 is 1.93 bits per heavy atom. The summed E-state index contributed by atoms with van der Waals surface area (Å²) < 4.78 is 6.69. The number of hydrogen-bond acceptors (Lipinski definition) is 1. The highest BCUT2D eigenvalue weighted by molar-refractivity contribution is 6.06. The van der Waals surface area contributed by atoms with Crippen LogP contribution in [0.5, 0.6) is 11.5 Å². The van der Waals surface area contributed by atoms with Crippen LogP contribution in [0.4, 0.5) is 0 Å². The Kier molecular flexibility index (Phi) is 5.27. The molecule has 1 unspecified atom stereocenters. The summed E-state index contributed by atoms with van der Waals surface area (Å²) in [7, 11) is 0. The van der Waals surface area contributed by atoms with Crippen molar-refractivity contribution in [3.63, 3.8) is 0 Å². The van der Waals surface area contributed by atoms with Gasteiger partial charge in [-0.1, -0.05) is 164 Å². The minimum atomic E-state index is -0.447. The van der Waals surface area contributed by atoms with E-state index in [-0.39, 0.29) is 0 Å². The van der Waals surface area contributed by atoms with Gasteiger partial charge in [0.1, 0.15) is 11.5 Å². The van der Waals surface area contributed by atoms with Crippen molar-refractivity contribution in [2.75, 3.05) is 0 Å². The first-order chi connectivity index (χ1) is 22.8. The lowest BCUT2D eigenvalue weighted by Crippen LogP contribution is -2.28. The highest BCUT2D eigenvalue weighted by atomic mass is 16.5. The molecule has 8 aromatic rings. The fraction of sp³-hybridized carbons (Fsp3) is 0.0222. The summed E-state index contributed by atoms with van der Waals surface area (Å²) in [5, 5.41) is 4.94. The molecule has 10 rings (SSSR count). The second-order valence-corrected chi connectivity index (χ2v) is 12.4. The van der Waals surface area contributed by atoms with Gasteiger partial charge < -0.3 is 4.74 Å². The quantitative estimate of drug-likeness (QED) is 0.201. The first-order valence-corrected chi connectivity index (χ1v) is 15.9. The van der Waals surface area contributed by atoms with Gasteiger partial charge in [-0.2, -0.15) is 0 Å². The first kappa shape index (κ1) is 25.4. The number of benzene rings is 8. The van der Waals surface area contributed by atoms with Crippen molar-refractivity contribution in [3.05, 3.63) is 192 Å². The second-order valence-electron chi connectivity index (χ2n) is 12.4.